The van der Waals surface area contributed by atoms with E-state index in [-0.39, 0.29) is 56.0 Å². The van der Waals surface area contributed by atoms with Crippen LogP contribution in [-0.4, -0.2) is 72.4 Å². The molecule has 1 aromatic heterocycles. The van der Waals surface area contributed by atoms with Crippen LogP contribution in [0.1, 0.15) is 45.1 Å². The average Bonchev–Trinajstić information content (AvgIpc) is 3.51. The van der Waals surface area contributed by atoms with Crippen LogP contribution >= 0.6 is 11.3 Å². The number of carbonyl (C=O) groups is 6. The Bertz CT molecular complexity index is 1720. The van der Waals surface area contributed by atoms with Crippen LogP contribution in [0, 0.1) is 0 Å². The highest BCUT2D eigenvalue weighted by atomic mass is 32.1. The molecule has 0 saturated heterocycles. The van der Waals surface area contributed by atoms with E-state index >= 15 is 0 Å². The van der Waals surface area contributed by atoms with E-state index in [0.717, 1.165) is 22.4 Å². The molecule has 0 saturated carbocycles. The molecular weight excluding hydrogens is 674 g/mol. The first-order chi connectivity index (χ1) is 23.9. The Labute approximate surface area is 290 Å². The number of nitrogens with zero attached hydrogens (tertiary/aromatic N) is 2. The topological polar surface area (TPSA) is 195 Å². The number of rotatable bonds is 19. The van der Waals surface area contributed by atoms with Gasteiger partial charge in [-0.3, -0.25) is 24.6 Å². The van der Waals surface area contributed by atoms with Gasteiger partial charge in [-0.15, -0.1) is 0 Å². The number of nitrogens with one attached hydrogen (secondary N) is 1. The smallest absolute Gasteiger partial charge is 0.330 e. The van der Waals surface area contributed by atoms with Gasteiger partial charge in [-0.1, -0.05) is 36.6 Å². The third-order valence-corrected chi connectivity index (χ3v) is 7.02. The number of thiazole rings is 1. The fourth-order valence-corrected chi connectivity index (χ4v) is 4.59. The molecule has 50 heavy (non-hydrogen) atoms. The average molecular weight is 710 g/mol. The molecule has 0 aliphatic heterocycles. The lowest BCUT2D eigenvalue weighted by Gasteiger charge is -2.13. The molecule has 0 aliphatic rings. The third kappa shape index (κ3) is 13.7. The number of carbonyl (C=O) groups excluding carboxylic acids is 6. The van der Waals surface area contributed by atoms with Crippen molar-refractivity contribution in [2.45, 2.75) is 51.7 Å². The van der Waals surface area contributed by atoms with Crippen molar-refractivity contribution in [1.82, 2.24) is 4.98 Å². The van der Waals surface area contributed by atoms with E-state index < -0.39 is 48.0 Å². The van der Waals surface area contributed by atoms with Gasteiger partial charge >= 0.3 is 35.8 Å². The minimum absolute atomic E-state index is 0.0393. The first-order valence-corrected chi connectivity index (χ1v) is 15.9. The van der Waals surface area contributed by atoms with E-state index in [1.54, 1.807) is 0 Å². The lowest BCUT2D eigenvalue weighted by molar-refractivity contribution is -0.156. The molecule has 0 fully saturated rings. The molecule has 16 heteroatoms. The van der Waals surface area contributed by atoms with Crippen LogP contribution in [0.4, 0.5) is 5.13 Å². The molecule has 0 radical (unpaired) electrons. The molecule has 0 spiro atoms. The van der Waals surface area contributed by atoms with Gasteiger partial charge in [-0.05, 0) is 44.2 Å². The molecule has 0 bridgehead atoms. The largest absolute Gasteiger partial charge is 0.459 e. The zero-order chi connectivity index (χ0) is 36.5. The Morgan fingerprint density at radius 1 is 0.800 bits per heavy atom. The number of hydrogen-bond donors (Lipinski definition) is 1. The minimum atomic E-state index is -0.766. The van der Waals surface area contributed by atoms with E-state index in [1.165, 1.54) is 49.6 Å². The highest BCUT2D eigenvalue weighted by Crippen LogP contribution is 2.27. The van der Waals surface area contributed by atoms with Crippen molar-refractivity contribution in [2.24, 2.45) is 5.10 Å². The van der Waals surface area contributed by atoms with Gasteiger partial charge in [-0.25, -0.2) is 14.6 Å². The van der Waals surface area contributed by atoms with Crippen LogP contribution in [-0.2, 0) is 47.7 Å². The van der Waals surface area contributed by atoms with E-state index in [4.69, 9.17) is 28.4 Å². The summed E-state index contributed by atoms with van der Waals surface area (Å²) in [7, 11) is 0. The molecule has 2 unspecified atom stereocenters. The predicted octanol–water partition coefficient (Wildman–Crippen LogP) is 4.44. The van der Waals surface area contributed by atoms with Gasteiger partial charge in [0.1, 0.15) is 36.9 Å². The summed E-state index contributed by atoms with van der Waals surface area (Å²) in [5.74, 6) is -4.15. The predicted molar refractivity (Wildman–Crippen MR) is 180 cm³/mol. The molecule has 0 amide bonds. The van der Waals surface area contributed by atoms with Gasteiger partial charge in [0.05, 0.1) is 42.1 Å². The second kappa shape index (κ2) is 19.8. The second-order valence-corrected chi connectivity index (χ2v) is 11.3. The zero-order valence-electron chi connectivity index (χ0n) is 27.3. The number of hydrogen-bond acceptors (Lipinski definition) is 16. The van der Waals surface area contributed by atoms with Gasteiger partial charge < -0.3 is 28.4 Å². The zero-order valence-corrected chi connectivity index (χ0v) is 28.1. The van der Waals surface area contributed by atoms with Gasteiger partial charge in [0.2, 0.25) is 5.13 Å². The molecule has 264 valence electrons. The lowest BCUT2D eigenvalue weighted by Crippen LogP contribution is -2.22. The Balaban J connectivity index is 1.62. The number of esters is 6. The minimum Gasteiger partial charge on any atom is -0.459 e. The Hall–Kier alpha value is -5.90. The molecule has 1 N–H and O–H groups in total. The van der Waals surface area contributed by atoms with Crippen molar-refractivity contribution in [3.63, 3.8) is 0 Å². The maximum Gasteiger partial charge on any atom is 0.330 e. The first-order valence-electron chi connectivity index (χ1n) is 15.1. The fourth-order valence-electron chi connectivity index (χ4n) is 3.78. The van der Waals surface area contributed by atoms with E-state index in [0.29, 0.717) is 5.13 Å². The Morgan fingerprint density at radius 2 is 1.36 bits per heavy atom. The summed E-state index contributed by atoms with van der Waals surface area (Å²) in [5, 5.41) is 4.68. The van der Waals surface area contributed by atoms with Crippen LogP contribution in [0.3, 0.4) is 0 Å². The summed E-state index contributed by atoms with van der Waals surface area (Å²) >= 11 is 1.37. The van der Waals surface area contributed by atoms with Crippen molar-refractivity contribution in [1.29, 1.82) is 0 Å². The standard InChI is InChI=1S/C34H35N3O12S/c1-5-28(38)44-19-21(3)46-30(40)13-15-32(42)48-24-11-12-26(49-33(43)16-14-31(41)47-22(4)20-45-29(39)6-2)23(17-24)18-35-37-34-36-25-9-7-8-10-27(25)50-34/h5-12,17-18,21-22H,1-2,13-16,19-20H2,3-4H3,(H,36,37)/b35-18+. The molecule has 15 nitrogen and oxygen atoms in total. The molecular formula is C34H35N3O12S. The SMILES string of the molecule is C=CC(=O)OCC(C)OC(=O)CCC(=O)Oc1ccc(OC(=O)CCC(=O)OC(C)COC(=O)C=C)c(/C=N/Nc2nc3ccccc3s2)c1. The van der Waals surface area contributed by atoms with E-state index in [9.17, 15) is 28.8 Å². The van der Waals surface area contributed by atoms with Crippen LogP contribution in [0.2, 0.25) is 0 Å². The molecule has 3 aromatic rings. The molecule has 3 rings (SSSR count). The number of aromatic nitrogens is 1. The van der Waals surface area contributed by atoms with Crippen LogP contribution < -0.4 is 14.9 Å². The summed E-state index contributed by atoms with van der Waals surface area (Å²) in [4.78, 5) is 76.2. The quantitative estimate of drug-likeness (QED) is 0.0458. The summed E-state index contributed by atoms with van der Waals surface area (Å²) in [6.07, 6.45) is 0.550. The summed E-state index contributed by atoms with van der Waals surface area (Å²) in [6, 6.07) is 11.6. The normalized spacial score (nSPS) is 11.9. The highest BCUT2D eigenvalue weighted by molar-refractivity contribution is 7.22. The number of benzene rings is 2. The van der Waals surface area contributed by atoms with Crippen LogP contribution in [0.25, 0.3) is 10.2 Å². The number of anilines is 1. The summed E-state index contributed by atoms with van der Waals surface area (Å²) in [5.41, 5.74) is 3.81. The fraction of sp³-hybridized carbons (Fsp3) is 0.294. The van der Waals surface area contributed by atoms with E-state index in [2.05, 4.69) is 28.7 Å². The molecule has 2 aromatic carbocycles. The lowest BCUT2D eigenvalue weighted by atomic mass is 10.2. The molecule has 2 atom stereocenters. The first kappa shape index (κ1) is 38.5. The van der Waals surface area contributed by atoms with E-state index in [1.807, 2.05) is 24.3 Å². The van der Waals surface area contributed by atoms with Gasteiger partial charge in [0.25, 0.3) is 0 Å². The van der Waals surface area contributed by atoms with Gasteiger partial charge in [0, 0.05) is 17.7 Å². The maximum absolute atomic E-state index is 12.6. The summed E-state index contributed by atoms with van der Waals surface area (Å²) < 4.78 is 31.6. The van der Waals surface area contributed by atoms with Crippen molar-refractivity contribution >= 4 is 68.7 Å². The number of para-hydroxylation sites is 1. The Kier molecular flexibility index (Phi) is 15.3. The summed E-state index contributed by atoms with van der Waals surface area (Å²) in [6.45, 7) is 9.25. The van der Waals surface area contributed by atoms with Crippen molar-refractivity contribution in [2.75, 3.05) is 18.6 Å². The van der Waals surface area contributed by atoms with Crippen molar-refractivity contribution in [3.05, 3.63) is 73.3 Å². The number of fused-ring (bicyclic) bond motifs is 1. The molecule has 0 aliphatic carbocycles. The van der Waals surface area contributed by atoms with Crippen LogP contribution in [0.5, 0.6) is 11.5 Å². The van der Waals surface area contributed by atoms with Gasteiger partial charge in [-0.2, -0.15) is 5.10 Å². The Morgan fingerprint density at radius 3 is 1.94 bits per heavy atom. The number of ether oxygens (including phenoxy) is 6. The monoisotopic (exact) mass is 709 g/mol. The van der Waals surface area contributed by atoms with Crippen molar-refractivity contribution < 1.29 is 57.2 Å². The van der Waals surface area contributed by atoms with Crippen molar-refractivity contribution in [3.8, 4) is 11.5 Å². The van der Waals surface area contributed by atoms with Crippen LogP contribution in [0.15, 0.2) is 72.9 Å². The second-order valence-electron chi connectivity index (χ2n) is 10.3. The maximum atomic E-state index is 12.6. The number of hydrazone groups is 1. The third-order valence-electron chi connectivity index (χ3n) is 6.08. The highest BCUT2D eigenvalue weighted by Gasteiger charge is 2.18. The molecule has 1 heterocycles. The van der Waals surface area contributed by atoms with Gasteiger partial charge in [0.15, 0.2) is 0 Å².